The second-order valence-corrected chi connectivity index (χ2v) is 8.65. The van der Waals surface area contributed by atoms with E-state index in [1.54, 1.807) is 11.6 Å². The lowest BCUT2D eigenvalue weighted by Crippen LogP contribution is -2.44. The molecule has 1 aliphatic rings. The molecule has 9 nitrogen and oxygen atoms in total. The third-order valence-corrected chi connectivity index (χ3v) is 6.17. The summed E-state index contributed by atoms with van der Waals surface area (Å²) >= 11 is 0. The lowest BCUT2D eigenvalue weighted by molar-refractivity contribution is 0.289. The van der Waals surface area contributed by atoms with Crippen LogP contribution in [0.3, 0.4) is 0 Å². The largest absolute Gasteiger partial charge is 0.341 e. The van der Waals surface area contributed by atoms with Crippen molar-refractivity contribution in [2.45, 2.75) is 59.7 Å². The van der Waals surface area contributed by atoms with Gasteiger partial charge in [-0.05, 0) is 39.8 Å². The number of hydrogen-bond acceptors (Lipinski definition) is 6. The maximum absolute atomic E-state index is 13.2. The fraction of sp³-hybridized carbons (Fsp3) is 0.682. The van der Waals surface area contributed by atoms with Crippen LogP contribution < -0.4 is 21.9 Å². The summed E-state index contributed by atoms with van der Waals surface area (Å²) in [6.45, 7) is 13.4. The van der Waals surface area contributed by atoms with Crippen molar-refractivity contribution in [1.29, 1.82) is 0 Å². The highest BCUT2D eigenvalue weighted by molar-refractivity contribution is 5.75. The number of fused-ring (bicyclic) bond motifs is 1. The van der Waals surface area contributed by atoms with E-state index in [2.05, 4.69) is 29.7 Å². The Labute approximate surface area is 183 Å². The van der Waals surface area contributed by atoms with Crippen molar-refractivity contribution in [2.24, 2.45) is 12.8 Å². The van der Waals surface area contributed by atoms with Crippen LogP contribution >= 0.6 is 0 Å². The lowest BCUT2D eigenvalue weighted by atomic mass is 10.1. The van der Waals surface area contributed by atoms with Crippen LogP contribution in [0.25, 0.3) is 11.2 Å². The van der Waals surface area contributed by atoms with Gasteiger partial charge in [0, 0.05) is 45.8 Å². The average molecular weight is 432 g/mol. The van der Waals surface area contributed by atoms with Gasteiger partial charge < -0.3 is 20.1 Å². The summed E-state index contributed by atoms with van der Waals surface area (Å²) in [5.41, 5.74) is 7.72. The van der Waals surface area contributed by atoms with Gasteiger partial charge in [0.25, 0.3) is 5.56 Å². The number of piperidine rings is 1. The molecule has 2 N–H and O–H groups in total. The molecular weight excluding hydrogens is 394 g/mol. The molecule has 31 heavy (non-hydrogen) atoms. The van der Waals surface area contributed by atoms with E-state index in [4.69, 9.17) is 10.7 Å². The highest BCUT2D eigenvalue weighted by Gasteiger charge is 2.26. The molecule has 0 bridgehead atoms. The van der Waals surface area contributed by atoms with Gasteiger partial charge in [-0.1, -0.05) is 25.5 Å². The minimum absolute atomic E-state index is 0.0816. The number of nitrogens with zero attached hydrogens (tertiary/aromatic N) is 6. The second kappa shape index (κ2) is 9.82. The van der Waals surface area contributed by atoms with Gasteiger partial charge in [-0.2, -0.15) is 4.98 Å². The highest BCUT2D eigenvalue weighted by Crippen LogP contribution is 2.23. The number of anilines is 1. The molecule has 1 saturated heterocycles. The molecule has 9 heteroatoms. The Morgan fingerprint density at radius 2 is 1.94 bits per heavy atom. The number of likely N-dealkylation sites (N-methyl/N-ethyl adjacent to an activating group) is 1. The van der Waals surface area contributed by atoms with Crippen molar-refractivity contribution in [2.75, 3.05) is 37.6 Å². The zero-order valence-electron chi connectivity index (χ0n) is 19.6. The number of aromatic nitrogens is 4. The number of nitrogens with two attached hydrogens (primary N) is 1. The van der Waals surface area contributed by atoms with Crippen molar-refractivity contribution in [3.63, 3.8) is 0 Å². The fourth-order valence-corrected chi connectivity index (χ4v) is 4.21. The van der Waals surface area contributed by atoms with E-state index < -0.39 is 0 Å². The molecule has 1 atom stereocenters. The molecular formula is C22H37N7O2. The van der Waals surface area contributed by atoms with Crippen LogP contribution in [0, 0.1) is 0 Å². The molecule has 3 heterocycles. The Balaban J connectivity index is 2.21. The zero-order valence-corrected chi connectivity index (χ0v) is 19.6. The average Bonchev–Trinajstić information content (AvgIpc) is 3.12. The molecule has 0 radical (unpaired) electrons. The molecule has 1 aliphatic heterocycles. The topological polar surface area (TPSA) is 94.3 Å². The normalized spacial score (nSPS) is 17.0. The smallest absolute Gasteiger partial charge is 0.332 e. The van der Waals surface area contributed by atoms with Crippen LogP contribution in [0.2, 0.25) is 0 Å². The van der Waals surface area contributed by atoms with E-state index in [1.165, 1.54) is 4.57 Å². The van der Waals surface area contributed by atoms with E-state index in [1.807, 2.05) is 18.4 Å². The zero-order chi connectivity index (χ0) is 22.7. The molecule has 0 saturated carbocycles. The van der Waals surface area contributed by atoms with Crippen molar-refractivity contribution in [3.8, 4) is 0 Å². The monoisotopic (exact) mass is 431 g/mol. The minimum Gasteiger partial charge on any atom is -0.341 e. The van der Waals surface area contributed by atoms with Gasteiger partial charge >= 0.3 is 5.69 Å². The molecule has 0 spiro atoms. The van der Waals surface area contributed by atoms with E-state index in [-0.39, 0.29) is 17.3 Å². The summed E-state index contributed by atoms with van der Waals surface area (Å²) in [5, 5.41) is 0. The fourth-order valence-electron chi connectivity index (χ4n) is 4.21. The van der Waals surface area contributed by atoms with Crippen molar-refractivity contribution in [1.82, 2.24) is 23.6 Å². The Morgan fingerprint density at radius 3 is 2.55 bits per heavy atom. The number of imidazole rings is 1. The van der Waals surface area contributed by atoms with Gasteiger partial charge in [0.05, 0.1) is 0 Å². The number of allylic oxidation sites excluding steroid dienone is 2. The summed E-state index contributed by atoms with van der Waals surface area (Å²) in [5.74, 6) is 0.724. The minimum atomic E-state index is -0.321. The van der Waals surface area contributed by atoms with Crippen LogP contribution in [0.5, 0.6) is 0 Å². The Hall–Kier alpha value is -2.39. The van der Waals surface area contributed by atoms with Crippen LogP contribution in [-0.2, 0) is 20.1 Å². The molecule has 2 aromatic rings. The van der Waals surface area contributed by atoms with E-state index >= 15 is 0 Å². The standard InChI is InChI=1S/C22H37N7O2/c1-6-26(7-2)13-14-29-19-18(20(30)25(5)22(29)31)28(12-10-16(3)4)21(24-19)27-11-8-9-17(23)15-27/h10,17H,6-9,11-15,23H2,1-5H3. The first-order valence-electron chi connectivity index (χ1n) is 11.3. The summed E-state index contributed by atoms with van der Waals surface area (Å²) in [6.07, 6.45) is 4.06. The van der Waals surface area contributed by atoms with E-state index in [0.29, 0.717) is 30.8 Å². The van der Waals surface area contributed by atoms with Gasteiger partial charge in [-0.3, -0.25) is 13.9 Å². The third kappa shape index (κ3) is 4.77. The van der Waals surface area contributed by atoms with Crippen LogP contribution in [0.1, 0.15) is 40.5 Å². The summed E-state index contributed by atoms with van der Waals surface area (Å²) in [4.78, 5) is 35.5. The highest BCUT2D eigenvalue weighted by atomic mass is 16.2. The molecule has 2 aromatic heterocycles. The predicted octanol–water partition coefficient (Wildman–Crippen LogP) is 1.13. The van der Waals surface area contributed by atoms with Gasteiger partial charge in [-0.15, -0.1) is 0 Å². The first-order chi connectivity index (χ1) is 14.8. The molecule has 1 unspecified atom stereocenters. The summed E-state index contributed by atoms with van der Waals surface area (Å²) in [6, 6.07) is 0.0816. The van der Waals surface area contributed by atoms with Gasteiger partial charge in [-0.25, -0.2) is 4.79 Å². The third-order valence-electron chi connectivity index (χ3n) is 6.17. The lowest BCUT2D eigenvalue weighted by Gasteiger charge is -2.31. The van der Waals surface area contributed by atoms with Crippen molar-refractivity contribution in [3.05, 3.63) is 32.5 Å². The Bertz CT molecular complexity index is 1050. The molecule has 0 aliphatic carbocycles. The molecule has 1 fully saturated rings. The van der Waals surface area contributed by atoms with Crippen molar-refractivity contribution >= 4 is 17.1 Å². The summed E-state index contributed by atoms with van der Waals surface area (Å²) < 4.78 is 4.81. The van der Waals surface area contributed by atoms with Crippen LogP contribution in [0.15, 0.2) is 21.2 Å². The van der Waals surface area contributed by atoms with E-state index in [0.717, 1.165) is 50.5 Å². The molecule has 0 amide bonds. The van der Waals surface area contributed by atoms with Crippen LogP contribution in [0.4, 0.5) is 5.95 Å². The summed E-state index contributed by atoms with van der Waals surface area (Å²) in [7, 11) is 1.55. The predicted molar refractivity (Wildman–Crippen MR) is 126 cm³/mol. The molecule has 0 aromatic carbocycles. The maximum atomic E-state index is 13.2. The van der Waals surface area contributed by atoms with Gasteiger partial charge in [0.2, 0.25) is 5.95 Å². The number of hydrogen-bond donors (Lipinski definition) is 1. The molecule has 172 valence electrons. The van der Waals surface area contributed by atoms with Gasteiger partial charge in [0.15, 0.2) is 11.2 Å². The Morgan fingerprint density at radius 1 is 1.23 bits per heavy atom. The second-order valence-electron chi connectivity index (χ2n) is 8.65. The number of rotatable bonds is 8. The maximum Gasteiger partial charge on any atom is 0.332 e. The van der Waals surface area contributed by atoms with Crippen molar-refractivity contribution < 1.29 is 0 Å². The molecule has 3 rings (SSSR count). The Kier molecular flexibility index (Phi) is 7.38. The van der Waals surface area contributed by atoms with E-state index in [9.17, 15) is 9.59 Å². The quantitative estimate of drug-likeness (QED) is 0.630. The first-order valence-corrected chi connectivity index (χ1v) is 11.3. The van der Waals surface area contributed by atoms with Crippen LogP contribution in [-0.4, -0.2) is 62.4 Å². The SMILES string of the molecule is CCN(CC)CCn1c(=O)n(C)c(=O)c2c1nc(N1CCCC(N)C1)n2CC=C(C)C. The first kappa shape index (κ1) is 23.3. The van der Waals surface area contributed by atoms with Gasteiger partial charge in [0.1, 0.15) is 0 Å².